The fraction of sp³-hybridized carbons (Fsp3) is 0.550. The molecule has 3 N–H and O–H groups in total. The lowest BCUT2D eigenvalue weighted by Gasteiger charge is -2.42. The number of nitrogens with zero attached hydrogens (tertiary/aromatic N) is 6. The number of nitriles is 1. The van der Waals surface area contributed by atoms with Crippen molar-refractivity contribution in [2.24, 2.45) is 11.8 Å². The number of anilines is 2. The van der Waals surface area contributed by atoms with Crippen molar-refractivity contribution in [3.05, 3.63) is 34.4 Å². The molecule has 312 valence electrons. The number of nitrogen functional groups attached to an aromatic ring is 1. The molecule has 10 rings (SSSR count). The SMILES string of the molecule is CC1CC1C1[C@H](C(=O)NC2CCN3c4nc(OC[C@@]56CCCN5C[C@H](F)C6)nc5c(F)c(-c6ccc(F)c7sc(N)c(C#N)c67)c(Cl)c(c45)OCCC3C2)N1S(C)(=O)=O. The van der Waals surface area contributed by atoms with Crippen LogP contribution in [0, 0.1) is 34.8 Å². The number of sulfonamides is 1. The molecule has 5 aliphatic heterocycles. The fourth-order valence-corrected chi connectivity index (χ4v) is 13.1. The van der Waals surface area contributed by atoms with Gasteiger partial charge in [-0.15, -0.1) is 11.3 Å². The molecule has 4 saturated heterocycles. The van der Waals surface area contributed by atoms with E-state index in [-0.39, 0.29) is 103 Å². The second kappa shape index (κ2) is 13.9. The van der Waals surface area contributed by atoms with Gasteiger partial charge in [0.2, 0.25) is 15.9 Å². The predicted molar refractivity (Wildman–Crippen MR) is 217 cm³/mol. The number of aromatic nitrogens is 2. The van der Waals surface area contributed by atoms with E-state index in [1.54, 1.807) is 0 Å². The molecular formula is C40H42ClF3N8O5S2. The second-order valence-corrected chi connectivity index (χ2v) is 20.4. The summed E-state index contributed by atoms with van der Waals surface area (Å²) < 4.78 is 86.7. The number of rotatable bonds is 8. The van der Waals surface area contributed by atoms with Crippen molar-refractivity contribution < 1.29 is 35.9 Å². The van der Waals surface area contributed by atoms with Crippen molar-refractivity contribution in [1.29, 1.82) is 5.26 Å². The number of halogens is 4. The van der Waals surface area contributed by atoms with Gasteiger partial charge in [-0.1, -0.05) is 24.6 Å². The normalized spacial score (nSPS) is 31.2. The molecule has 19 heteroatoms. The summed E-state index contributed by atoms with van der Waals surface area (Å²) in [5, 5.41) is 13.5. The van der Waals surface area contributed by atoms with E-state index in [1.807, 2.05) is 11.0 Å². The Morgan fingerprint density at radius 2 is 2.02 bits per heavy atom. The molecule has 1 amide bonds. The van der Waals surface area contributed by atoms with Crippen LogP contribution in [0.3, 0.4) is 0 Å². The summed E-state index contributed by atoms with van der Waals surface area (Å²) in [6, 6.07) is 2.84. The molecule has 9 atom stereocenters. The number of nitrogens with two attached hydrogens (primary N) is 1. The highest BCUT2D eigenvalue weighted by atomic mass is 35.5. The lowest BCUT2D eigenvalue weighted by molar-refractivity contribution is -0.122. The number of alkyl halides is 1. The van der Waals surface area contributed by atoms with Crippen LogP contribution in [-0.4, -0.2) is 108 Å². The molecule has 6 aliphatic rings. The third kappa shape index (κ3) is 6.28. The van der Waals surface area contributed by atoms with E-state index < -0.39 is 39.4 Å². The summed E-state index contributed by atoms with van der Waals surface area (Å²) in [7, 11) is -3.56. The van der Waals surface area contributed by atoms with Gasteiger partial charge in [0.15, 0.2) is 11.6 Å². The number of benzene rings is 2. The maximum absolute atomic E-state index is 17.5. The minimum absolute atomic E-state index is 0.00436. The minimum atomic E-state index is -3.56. The molecule has 7 heterocycles. The first-order chi connectivity index (χ1) is 28.2. The standard InChI is InChI=1S/C40H42ClF3N8O5S2/c1-18-12-23(18)32-33(52(32)59(2,54)55)38(53)47-20-6-10-51-21(13-20)7-11-56-34-28-31(48-39(49-37(28)51)57-17-40-8-3-9-50(40)16-19(42)14-40)30(44)27(29(34)41)22-4-5-25(43)35-26(22)24(15-45)36(46)58-35/h4-5,18-21,23,32-33H,3,6-14,16-17,46H2,1-2H3,(H,47,53)/t18?,19-,20?,21?,23?,32?,33-,40+,52?/m1/s1. The van der Waals surface area contributed by atoms with Gasteiger partial charge in [0.25, 0.3) is 0 Å². The first-order valence-corrected chi connectivity index (χ1v) is 23.1. The maximum Gasteiger partial charge on any atom is 0.319 e. The Hall–Kier alpha value is -4.15. The smallest absolute Gasteiger partial charge is 0.319 e. The summed E-state index contributed by atoms with van der Waals surface area (Å²) >= 11 is 8.02. The summed E-state index contributed by atoms with van der Waals surface area (Å²) in [5.74, 6) is -0.836. The van der Waals surface area contributed by atoms with Gasteiger partial charge >= 0.3 is 6.01 Å². The van der Waals surface area contributed by atoms with Gasteiger partial charge in [-0.2, -0.15) is 19.5 Å². The van der Waals surface area contributed by atoms with E-state index in [0.29, 0.717) is 50.5 Å². The van der Waals surface area contributed by atoms with Crippen molar-refractivity contribution >= 4 is 70.7 Å². The van der Waals surface area contributed by atoms with Crippen LogP contribution in [0.15, 0.2) is 12.1 Å². The molecular weight excluding hydrogens is 829 g/mol. The number of hydrogen-bond acceptors (Lipinski definition) is 12. The van der Waals surface area contributed by atoms with E-state index in [1.165, 1.54) is 16.4 Å². The zero-order chi connectivity index (χ0) is 41.3. The Balaban J connectivity index is 1.04. The highest BCUT2D eigenvalue weighted by Gasteiger charge is 2.65. The molecule has 5 fully saturated rings. The van der Waals surface area contributed by atoms with Gasteiger partial charge in [0, 0.05) is 49.0 Å². The summed E-state index contributed by atoms with van der Waals surface area (Å²) in [5.41, 5.74) is 5.41. The second-order valence-electron chi connectivity index (χ2n) is 17.1. The van der Waals surface area contributed by atoms with E-state index >= 15 is 8.78 Å². The van der Waals surface area contributed by atoms with Crippen LogP contribution in [0.5, 0.6) is 11.8 Å². The highest BCUT2D eigenvalue weighted by molar-refractivity contribution is 7.88. The van der Waals surface area contributed by atoms with Crippen LogP contribution in [0.1, 0.15) is 57.4 Å². The Labute approximate surface area is 347 Å². The monoisotopic (exact) mass is 870 g/mol. The molecule has 6 unspecified atom stereocenters. The third-order valence-electron chi connectivity index (χ3n) is 13.5. The first-order valence-electron chi connectivity index (χ1n) is 20.0. The summed E-state index contributed by atoms with van der Waals surface area (Å²) in [6.07, 6.45) is 4.35. The van der Waals surface area contributed by atoms with Crippen molar-refractivity contribution in [2.75, 3.05) is 49.7 Å². The van der Waals surface area contributed by atoms with Gasteiger partial charge in [-0.05, 0) is 62.1 Å². The molecule has 0 radical (unpaired) electrons. The largest absolute Gasteiger partial charge is 0.491 e. The number of hydrogen-bond donors (Lipinski definition) is 2. The number of thiophene rings is 1. The van der Waals surface area contributed by atoms with Crippen LogP contribution in [0.25, 0.3) is 32.1 Å². The zero-order valence-corrected chi connectivity index (χ0v) is 34.7. The number of carbonyl (C=O) groups excluding carboxylic acids is 1. The average Bonchev–Trinajstić information content (AvgIpc) is 3.98. The maximum atomic E-state index is 17.5. The summed E-state index contributed by atoms with van der Waals surface area (Å²) in [4.78, 5) is 27.3. The Morgan fingerprint density at radius 1 is 1.22 bits per heavy atom. The average molecular weight is 871 g/mol. The molecule has 1 aliphatic carbocycles. The van der Waals surface area contributed by atoms with Crippen molar-refractivity contribution in [1.82, 2.24) is 24.5 Å². The topological polar surface area (TPSA) is 167 Å². The number of amides is 1. The quantitative estimate of drug-likeness (QED) is 0.207. The summed E-state index contributed by atoms with van der Waals surface area (Å²) in [6.45, 7) is 3.73. The van der Waals surface area contributed by atoms with Crippen molar-refractivity contribution in [3.8, 4) is 29.0 Å². The molecule has 1 saturated carbocycles. The van der Waals surface area contributed by atoms with E-state index in [9.17, 15) is 22.9 Å². The minimum Gasteiger partial charge on any atom is -0.491 e. The Morgan fingerprint density at radius 3 is 2.76 bits per heavy atom. The molecule has 59 heavy (non-hydrogen) atoms. The van der Waals surface area contributed by atoms with E-state index in [4.69, 9.17) is 31.8 Å². The van der Waals surface area contributed by atoms with Crippen LogP contribution in [-0.2, 0) is 14.8 Å². The van der Waals surface area contributed by atoms with Crippen molar-refractivity contribution in [2.45, 2.75) is 87.7 Å². The van der Waals surface area contributed by atoms with Gasteiger partial charge in [-0.3, -0.25) is 9.69 Å². The Bertz CT molecular complexity index is 2610. The number of nitrogens with one attached hydrogen (secondary N) is 1. The fourth-order valence-electron chi connectivity index (χ4n) is 10.5. The number of ether oxygens (including phenoxy) is 2. The van der Waals surface area contributed by atoms with E-state index in [2.05, 4.69) is 22.1 Å². The van der Waals surface area contributed by atoms with E-state index in [0.717, 1.165) is 43.4 Å². The van der Waals surface area contributed by atoms with Crippen LogP contribution in [0.2, 0.25) is 5.02 Å². The first kappa shape index (κ1) is 39.0. The lowest BCUT2D eigenvalue weighted by Crippen LogP contribution is -2.52. The van der Waals surface area contributed by atoms with Crippen LogP contribution < -0.4 is 25.4 Å². The molecule has 2 aromatic carbocycles. The molecule has 0 spiro atoms. The van der Waals surface area contributed by atoms with Gasteiger partial charge in [-0.25, -0.2) is 21.6 Å². The van der Waals surface area contributed by atoms with Gasteiger partial charge in [0.05, 0.1) is 45.1 Å². The highest BCUT2D eigenvalue weighted by Crippen LogP contribution is 2.54. The molecule has 0 bridgehead atoms. The predicted octanol–water partition coefficient (Wildman–Crippen LogP) is 5.76. The van der Waals surface area contributed by atoms with Gasteiger partial charge < -0.3 is 25.4 Å². The number of fused-ring (bicyclic) bond motifs is 4. The van der Waals surface area contributed by atoms with Crippen LogP contribution in [0.4, 0.5) is 24.0 Å². The number of carbonyl (C=O) groups is 1. The molecule has 13 nitrogen and oxygen atoms in total. The third-order valence-corrected chi connectivity index (χ3v) is 16.1. The zero-order valence-electron chi connectivity index (χ0n) is 32.3. The number of piperidine rings is 1. The molecule has 4 aromatic rings. The van der Waals surface area contributed by atoms with Crippen LogP contribution >= 0.6 is 22.9 Å². The lowest BCUT2D eigenvalue weighted by atomic mass is 9.92. The Kier molecular flexibility index (Phi) is 9.22. The van der Waals surface area contributed by atoms with Crippen molar-refractivity contribution in [3.63, 3.8) is 0 Å². The molecule has 2 aromatic heterocycles. The van der Waals surface area contributed by atoms with Gasteiger partial charge in [0.1, 0.15) is 47.0 Å².